The highest BCUT2D eigenvalue weighted by Gasteiger charge is 2.29. The fraction of sp³-hybridized carbons (Fsp3) is 0.154. The smallest absolute Gasteiger partial charge is 0.269 e. The van der Waals surface area contributed by atoms with Gasteiger partial charge in [-0.1, -0.05) is 24.3 Å². The van der Waals surface area contributed by atoms with E-state index in [9.17, 15) is 13.2 Å². The average molecular weight is 307 g/mol. The second kappa shape index (κ2) is 4.69. The van der Waals surface area contributed by atoms with Gasteiger partial charge in [-0.15, -0.1) is 0 Å². The molecule has 1 amide bonds. The molecule has 3 rings (SSSR count). The third-order valence-corrected chi connectivity index (χ3v) is 4.11. The van der Waals surface area contributed by atoms with Crippen LogP contribution in [-0.4, -0.2) is 18.9 Å². The van der Waals surface area contributed by atoms with Gasteiger partial charge in [0.2, 0.25) is 5.91 Å². The molecule has 0 saturated carbocycles. The number of fused-ring (bicyclic) bond motifs is 3. The second-order valence-electron chi connectivity index (χ2n) is 4.88. The maximum absolute atomic E-state index is 11.4. The molecule has 1 atom stereocenters. The van der Waals surface area contributed by atoms with E-state index in [2.05, 4.69) is 10.9 Å². The summed E-state index contributed by atoms with van der Waals surface area (Å²) < 4.78 is 31.5. The summed E-state index contributed by atoms with van der Waals surface area (Å²) >= 11 is 0. The maximum atomic E-state index is 11.4. The minimum Gasteiger partial charge on any atom is -0.368 e. The van der Waals surface area contributed by atoms with E-state index < -0.39 is 27.8 Å². The van der Waals surface area contributed by atoms with E-state index in [1.54, 1.807) is 30.3 Å². The molecule has 0 aliphatic carbocycles. The number of anilines is 1. The molecule has 1 heterocycles. The van der Waals surface area contributed by atoms with E-state index in [1.165, 1.54) is 0 Å². The standard InChI is InChI=1S/C13H13N3O4S/c14-13(17)12-10-5-7(6-21(18,19)20)8-3-1-2-4-9(8)11(10)15-16-12/h1-5,12,15-16H,6H2,(H2,14,17)(H,18,19,20). The Morgan fingerprint density at radius 2 is 1.95 bits per heavy atom. The van der Waals surface area contributed by atoms with Crippen molar-refractivity contribution in [2.75, 3.05) is 5.43 Å². The number of benzene rings is 2. The molecule has 5 N–H and O–H groups in total. The van der Waals surface area contributed by atoms with Crippen LogP contribution in [-0.2, 0) is 20.7 Å². The Morgan fingerprint density at radius 3 is 2.57 bits per heavy atom. The molecule has 0 bridgehead atoms. The topological polar surface area (TPSA) is 122 Å². The predicted molar refractivity (Wildman–Crippen MR) is 77.9 cm³/mol. The quantitative estimate of drug-likeness (QED) is 0.619. The molecule has 0 fully saturated rings. The van der Waals surface area contributed by atoms with Crippen LogP contribution in [0, 0.1) is 0 Å². The highest BCUT2D eigenvalue weighted by atomic mass is 32.2. The van der Waals surface area contributed by atoms with Crippen molar-refractivity contribution in [2.24, 2.45) is 5.73 Å². The highest BCUT2D eigenvalue weighted by molar-refractivity contribution is 7.85. The first kappa shape index (κ1) is 13.8. The Morgan fingerprint density at radius 1 is 1.29 bits per heavy atom. The first-order valence-corrected chi connectivity index (χ1v) is 7.78. The summed E-state index contributed by atoms with van der Waals surface area (Å²) in [5.41, 5.74) is 12.7. The van der Waals surface area contributed by atoms with Crippen LogP contribution in [0.25, 0.3) is 10.8 Å². The summed E-state index contributed by atoms with van der Waals surface area (Å²) in [6.45, 7) is 0. The zero-order chi connectivity index (χ0) is 15.2. The lowest BCUT2D eigenvalue weighted by Gasteiger charge is -2.11. The molecule has 2 aromatic rings. The van der Waals surface area contributed by atoms with Crippen LogP contribution in [0.5, 0.6) is 0 Å². The second-order valence-corrected chi connectivity index (χ2v) is 6.33. The average Bonchev–Trinajstić information content (AvgIpc) is 2.81. The van der Waals surface area contributed by atoms with Crippen LogP contribution in [0.15, 0.2) is 30.3 Å². The van der Waals surface area contributed by atoms with Crippen molar-refractivity contribution >= 4 is 32.5 Å². The van der Waals surface area contributed by atoms with Crippen LogP contribution in [0.4, 0.5) is 5.69 Å². The number of hydrogen-bond acceptors (Lipinski definition) is 5. The van der Waals surface area contributed by atoms with Gasteiger partial charge in [-0.25, -0.2) is 5.43 Å². The number of carbonyl (C=O) groups is 1. The van der Waals surface area contributed by atoms with Gasteiger partial charge in [-0.2, -0.15) is 8.42 Å². The third-order valence-electron chi connectivity index (χ3n) is 3.44. The fourth-order valence-electron chi connectivity index (χ4n) is 2.60. The minimum atomic E-state index is -4.18. The molecular formula is C13H13N3O4S. The van der Waals surface area contributed by atoms with Crippen molar-refractivity contribution in [3.05, 3.63) is 41.5 Å². The molecule has 0 saturated heterocycles. The molecule has 7 nitrogen and oxygen atoms in total. The normalized spacial score (nSPS) is 17.5. The molecule has 8 heteroatoms. The summed E-state index contributed by atoms with van der Waals surface area (Å²) in [6.07, 6.45) is 0. The van der Waals surface area contributed by atoms with Crippen molar-refractivity contribution in [3.8, 4) is 0 Å². The Labute approximate surface area is 120 Å². The van der Waals surface area contributed by atoms with Crippen molar-refractivity contribution in [1.29, 1.82) is 0 Å². The summed E-state index contributed by atoms with van der Waals surface area (Å²) in [4.78, 5) is 11.4. The first-order chi connectivity index (χ1) is 9.87. The van der Waals surface area contributed by atoms with E-state index in [-0.39, 0.29) is 0 Å². The molecule has 0 radical (unpaired) electrons. The zero-order valence-electron chi connectivity index (χ0n) is 10.8. The molecule has 110 valence electrons. The molecular weight excluding hydrogens is 294 g/mol. The number of nitrogens with two attached hydrogens (primary N) is 1. The largest absolute Gasteiger partial charge is 0.368 e. The molecule has 0 aromatic heterocycles. The monoisotopic (exact) mass is 307 g/mol. The highest BCUT2D eigenvalue weighted by Crippen LogP contribution is 2.37. The van der Waals surface area contributed by atoms with E-state index in [4.69, 9.17) is 10.3 Å². The molecule has 0 spiro atoms. The lowest BCUT2D eigenvalue weighted by atomic mass is 9.96. The van der Waals surface area contributed by atoms with Crippen molar-refractivity contribution in [2.45, 2.75) is 11.8 Å². The number of nitrogens with one attached hydrogen (secondary N) is 2. The molecule has 1 aliphatic heterocycles. The molecule has 1 unspecified atom stereocenters. The van der Waals surface area contributed by atoms with Crippen LogP contribution >= 0.6 is 0 Å². The Hall–Kier alpha value is -2.16. The fourth-order valence-corrected chi connectivity index (χ4v) is 3.24. The van der Waals surface area contributed by atoms with Gasteiger partial charge in [0.15, 0.2) is 0 Å². The number of rotatable bonds is 3. The van der Waals surface area contributed by atoms with Gasteiger partial charge in [0.1, 0.15) is 11.8 Å². The van der Waals surface area contributed by atoms with E-state index in [0.29, 0.717) is 22.2 Å². The summed E-state index contributed by atoms with van der Waals surface area (Å²) in [5, 5.41) is 1.44. The van der Waals surface area contributed by atoms with Gasteiger partial charge in [0.05, 0.1) is 5.69 Å². The van der Waals surface area contributed by atoms with E-state index >= 15 is 0 Å². The summed E-state index contributed by atoms with van der Waals surface area (Å²) in [6, 6.07) is 7.97. The number of hydrazine groups is 1. The maximum Gasteiger partial charge on any atom is 0.269 e. The lowest BCUT2D eigenvalue weighted by Crippen LogP contribution is -2.31. The Bertz CT molecular complexity index is 848. The molecule has 2 aromatic carbocycles. The number of amides is 1. The van der Waals surface area contributed by atoms with Crippen LogP contribution in [0.3, 0.4) is 0 Å². The minimum absolute atomic E-state index is 0.420. The van der Waals surface area contributed by atoms with Crippen molar-refractivity contribution < 1.29 is 17.8 Å². The van der Waals surface area contributed by atoms with Crippen LogP contribution in [0.1, 0.15) is 17.2 Å². The first-order valence-electron chi connectivity index (χ1n) is 6.17. The van der Waals surface area contributed by atoms with Gasteiger partial charge < -0.3 is 11.2 Å². The predicted octanol–water partition coefficient (Wildman–Crippen LogP) is 0.684. The van der Waals surface area contributed by atoms with E-state index in [1.807, 2.05) is 0 Å². The van der Waals surface area contributed by atoms with Crippen molar-refractivity contribution in [3.63, 3.8) is 0 Å². The van der Waals surface area contributed by atoms with Gasteiger partial charge in [0, 0.05) is 10.9 Å². The SMILES string of the molecule is NC(=O)C1NNc2c1cc(CS(=O)(=O)O)c1ccccc21. The van der Waals surface area contributed by atoms with Gasteiger partial charge >= 0.3 is 0 Å². The van der Waals surface area contributed by atoms with Gasteiger partial charge in [-0.3, -0.25) is 9.35 Å². The Kier molecular flexibility index (Phi) is 3.08. The van der Waals surface area contributed by atoms with Gasteiger partial charge in [0.25, 0.3) is 10.1 Å². The zero-order valence-corrected chi connectivity index (χ0v) is 11.6. The molecule has 1 aliphatic rings. The summed E-state index contributed by atoms with van der Waals surface area (Å²) in [5.74, 6) is -1.10. The lowest BCUT2D eigenvalue weighted by molar-refractivity contribution is -0.119. The van der Waals surface area contributed by atoms with Crippen molar-refractivity contribution in [1.82, 2.24) is 5.43 Å². The van der Waals surface area contributed by atoms with E-state index in [0.717, 1.165) is 5.39 Å². The van der Waals surface area contributed by atoms with Gasteiger partial charge in [-0.05, 0) is 17.0 Å². The number of primary amides is 1. The summed E-state index contributed by atoms with van der Waals surface area (Å²) in [7, 11) is -4.18. The van der Waals surface area contributed by atoms with Crippen LogP contribution in [0.2, 0.25) is 0 Å². The van der Waals surface area contributed by atoms with Crippen LogP contribution < -0.4 is 16.6 Å². The number of carbonyl (C=O) groups excluding carboxylic acids is 1. The molecule has 21 heavy (non-hydrogen) atoms. The Balaban J connectivity index is 2.29. The third kappa shape index (κ3) is 2.44. The number of hydrogen-bond donors (Lipinski definition) is 4.